The molecular formula is C68H56N2. The van der Waals surface area contributed by atoms with Crippen molar-refractivity contribution in [2.75, 3.05) is 16.8 Å². The number of benzene rings is 10. The molecule has 4 aliphatic rings. The number of para-hydroxylation sites is 5. The molecule has 2 nitrogen and oxygen atoms in total. The first-order valence-electron chi connectivity index (χ1n) is 25.5. The molecule has 2 aliphatic heterocycles. The minimum absolute atomic E-state index is 0.0138. The molecule has 0 aromatic heterocycles. The highest BCUT2D eigenvalue weighted by atomic mass is 15.2. The van der Waals surface area contributed by atoms with E-state index in [0.717, 1.165) is 5.69 Å². The van der Waals surface area contributed by atoms with E-state index < -0.39 is 0 Å². The Bertz CT molecular complexity index is 3810. The SMILES string of the molecule is CN1c2ccccc2C(C)(C)c2cccc(-c3cccc4c(-c5cccc6c5C5(CCCC5)c5ccccc5-6)c5cccc(-c6cccc7c6N(c6ccccc6)c6ccccc6C7(C)C)c5cc34)c21. The molecule has 1 spiro atoms. The summed E-state index contributed by atoms with van der Waals surface area (Å²) in [5.41, 5.74) is 24.7. The highest BCUT2D eigenvalue weighted by Crippen LogP contribution is 2.62. The third kappa shape index (κ3) is 5.51. The Morgan fingerprint density at radius 1 is 0.357 bits per heavy atom. The van der Waals surface area contributed by atoms with E-state index in [1.165, 1.54) is 148 Å². The minimum Gasteiger partial charge on any atom is -0.344 e. The molecule has 338 valence electrons. The largest absolute Gasteiger partial charge is 0.344 e. The molecule has 0 N–H and O–H groups in total. The van der Waals surface area contributed by atoms with E-state index >= 15 is 0 Å². The van der Waals surface area contributed by atoms with E-state index in [0.29, 0.717) is 0 Å². The number of rotatable bonds is 4. The van der Waals surface area contributed by atoms with Crippen molar-refractivity contribution in [3.63, 3.8) is 0 Å². The maximum Gasteiger partial charge on any atom is 0.0581 e. The summed E-state index contributed by atoms with van der Waals surface area (Å²) >= 11 is 0. The Hall–Kier alpha value is -7.68. The lowest BCUT2D eigenvalue weighted by atomic mass is 9.71. The van der Waals surface area contributed by atoms with Gasteiger partial charge >= 0.3 is 0 Å². The van der Waals surface area contributed by atoms with Crippen molar-refractivity contribution in [1.82, 2.24) is 0 Å². The monoisotopic (exact) mass is 900 g/mol. The lowest BCUT2D eigenvalue weighted by Crippen LogP contribution is -2.31. The zero-order valence-electron chi connectivity index (χ0n) is 40.8. The van der Waals surface area contributed by atoms with Crippen molar-refractivity contribution in [3.8, 4) is 44.5 Å². The number of nitrogens with zero attached hydrogens (tertiary/aromatic N) is 2. The van der Waals surface area contributed by atoms with Crippen molar-refractivity contribution >= 4 is 50.0 Å². The molecule has 0 atom stereocenters. The van der Waals surface area contributed by atoms with Gasteiger partial charge in [-0.2, -0.15) is 0 Å². The smallest absolute Gasteiger partial charge is 0.0581 e. The first-order valence-corrected chi connectivity index (χ1v) is 25.5. The predicted octanol–water partition coefficient (Wildman–Crippen LogP) is 18.4. The van der Waals surface area contributed by atoms with Gasteiger partial charge in [-0.3, -0.25) is 0 Å². The molecule has 10 aromatic rings. The zero-order chi connectivity index (χ0) is 47.1. The summed E-state index contributed by atoms with van der Waals surface area (Å²) in [4.78, 5) is 4.99. The second kappa shape index (κ2) is 14.9. The van der Waals surface area contributed by atoms with Crippen LogP contribution in [0.5, 0.6) is 0 Å². The molecule has 2 aliphatic carbocycles. The summed E-state index contributed by atoms with van der Waals surface area (Å²) in [6.45, 7) is 9.60. The van der Waals surface area contributed by atoms with Crippen LogP contribution in [0.1, 0.15) is 86.8 Å². The van der Waals surface area contributed by atoms with Gasteiger partial charge in [0, 0.05) is 45.8 Å². The van der Waals surface area contributed by atoms with Crippen LogP contribution in [0.3, 0.4) is 0 Å². The average molecular weight is 901 g/mol. The van der Waals surface area contributed by atoms with Crippen LogP contribution in [0.25, 0.3) is 66.1 Å². The van der Waals surface area contributed by atoms with E-state index in [4.69, 9.17) is 0 Å². The lowest BCUT2D eigenvalue weighted by Gasteiger charge is -2.43. The van der Waals surface area contributed by atoms with Gasteiger partial charge in [-0.25, -0.2) is 0 Å². The molecule has 0 unspecified atom stereocenters. The van der Waals surface area contributed by atoms with Crippen molar-refractivity contribution in [2.24, 2.45) is 0 Å². The maximum atomic E-state index is 2.57. The Kier molecular flexibility index (Phi) is 8.80. The summed E-state index contributed by atoms with van der Waals surface area (Å²) in [5, 5.41) is 5.14. The van der Waals surface area contributed by atoms with Gasteiger partial charge in [-0.1, -0.05) is 210 Å². The van der Waals surface area contributed by atoms with Crippen LogP contribution in [-0.2, 0) is 16.2 Å². The van der Waals surface area contributed by atoms with Crippen molar-refractivity contribution in [2.45, 2.75) is 69.6 Å². The second-order valence-electron chi connectivity index (χ2n) is 21.5. The van der Waals surface area contributed by atoms with Crippen molar-refractivity contribution in [1.29, 1.82) is 0 Å². The van der Waals surface area contributed by atoms with Gasteiger partial charge in [-0.15, -0.1) is 0 Å². The van der Waals surface area contributed by atoms with Gasteiger partial charge in [-0.05, 0) is 131 Å². The van der Waals surface area contributed by atoms with Gasteiger partial charge in [0.1, 0.15) is 0 Å². The molecule has 14 rings (SSSR count). The molecule has 1 saturated carbocycles. The zero-order valence-corrected chi connectivity index (χ0v) is 40.8. The van der Waals surface area contributed by atoms with Gasteiger partial charge < -0.3 is 9.80 Å². The van der Waals surface area contributed by atoms with E-state index in [2.05, 4.69) is 245 Å². The Morgan fingerprint density at radius 2 is 0.814 bits per heavy atom. The molecule has 0 bridgehead atoms. The van der Waals surface area contributed by atoms with Crippen LogP contribution in [0.4, 0.5) is 28.4 Å². The number of hydrogen-bond donors (Lipinski definition) is 0. The summed E-state index contributed by atoms with van der Waals surface area (Å²) in [6, 6.07) is 76.5. The third-order valence-corrected chi connectivity index (χ3v) is 17.4. The van der Waals surface area contributed by atoms with Gasteiger partial charge in [0.25, 0.3) is 0 Å². The normalized spacial score (nSPS) is 16.4. The topological polar surface area (TPSA) is 6.48 Å². The molecule has 70 heavy (non-hydrogen) atoms. The van der Waals surface area contributed by atoms with E-state index in [1.807, 2.05) is 0 Å². The van der Waals surface area contributed by atoms with Crippen molar-refractivity contribution in [3.05, 3.63) is 234 Å². The molecule has 2 heteroatoms. The summed E-state index contributed by atoms with van der Waals surface area (Å²) in [7, 11) is 2.27. The Morgan fingerprint density at radius 3 is 1.49 bits per heavy atom. The fourth-order valence-corrected chi connectivity index (χ4v) is 14.2. The predicted molar refractivity (Wildman–Crippen MR) is 296 cm³/mol. The molecule has 10 aromatic carbocycles. The van der Waals surface area contributed by atoms with Gasteiger partial charge in [0.05, 0.1) is 17.1 Å². The van der Waals surface area contributed by atoms with E-state index in [-0.39, 0.29) is 16.2 Å². The molecule has 1 fully saturated rings. The minimum atomic E-state index is -0.233. The third-order valence-electron chi connectivity index (χ3n) is 17.4. The molecule has 0 radical (unpaired) electrons. The van der Waals surface area contributed by atoms with E-state index in [9.17, 15) is 0 Å². The summed E-state index contributed by atoms with van der Waals surface area (Å²) in [5.74, 6) is 0. The van der Waals surface area contributed by atoms with Gasteiger partial charge in [0.2, 0.25) is 0 Å². The number of fused-ring (bicyclic) bond motifs is 11. The standard InChI is InChI=1S/C68H56N2/c1-66(2)56-34-11-13-38-60(56)69(5)64-50(30-20-36-58(64)66)44-25-17-27-47-53(44)42-54-45(51-31-21-37-59-65(51)70(43-22-7-6-8-23-43)61-39-14-12-35-57(61)67(59,3)4)26-18-28-48(54)62(47)52-32-19-29-49-46-24-9-10-33-55(46)68(63(49)52)40-15-16-41-68/h6-14,17-39,42H,15-16,40-41H2,1-5H3. The molecule has 2 heterocycles. The summed E-state index contributed by atoms with van der Waals surface area (Å²) < 4.78 is 0. The van der Waals surface area contributed by atoms with Crippen LogP contribution in [0, 0.1) is 0 Å². The van der Waals surface area contributed by atoms with Gasteiger partial charge in [0.15, 0.2) is 0 Å². The quantitative estimate of drug-likeness (QED) is 0.162. The van der Waals surface area contributed by atoms with Crippen LogP contribution in [0.2, 0.25) is 0 Å². The fourth-order valence-electron chi connectivity index (χ4n) is 14.2. The van der Waals surface area contributed by atoms with Crippen LogP contribution < -0.4 is 9.80 Å². The highest BCUT2D eigenvalue weighted by Gasteiger charge is 2.47. The molecule has 0 saturated heterocycles. The first-order chi connectivity index (χ1) is 34.2. The highest BCUT2D eigenvalue weighted by molar-refractivity contribution is 6.21. The number of anilines is 5. The Labute approximate surface area is 412 Å². The van der Waals surface area contributed by atoms with Crippen molar-refractivity contribution < 1.29 is 0 Å². The Balaban J connectivity index is 1.11. The van der Waals surface area contributed by atoms with Crippen LogP contribution in [-0.4, -0.2) is 7.05 Å². The first kappa shape index (κ1) is 41.3. The fraction of sp³-hybridized carbons (Fsp3) is 0.176. The molecule has 0 amide bonds. The van der Waals surface area contributed by atoms with Crippen LogP contribution >= 0.6 is 0 Å². The summed E-state index contributed by atoms with van der Waals surface area (Å²) in [6.07, 6.45) is 4.84. The van der Waals surface area contributed by atoms with Crippen LogP contribution in [0.15, 0.2) is 200 Å². The average Bonchev–Trinajstić information content (AvgIpc) is 4.00. The van der Waals surface area contributed by atoms with E-state index in [1.54, 1.807) is 0 Å². The maximum absolute atomic E-state index is 2.57. The number of hydrogen-bond acceptors (Lipinski definition) is 2. The second-order valence-corrected chi connectivity index (χ2v) is 21.5. The lowest BCUT2D eigenvalue weighted by molar-refractivity contribution is 0.551. The molecular weight excluding hydrogens is 845 g/mol.